The molecule has 0 saturated heterocycles. The van der Waals surface area contributed by atoms with Gasteiger partial charge in [0.15, 0.2) is 0 Å². The maximum atomic E-state index is 12.0. The van der Waals surface area contributed by atoms with Crippen LogP contribution in [-0.4, -0.2) is 10.9 Å². The summed E-state index contributed by atoms with van der Waals surface area (Å²) in [6.07, 6.45) is 1.48. The molecule has 0 fully saturated rings. The van der Waals surface area contributed by atoms with Crippen molar-refractivity contribution in [2.45, 2.75) is 0 Å². The Morgan fingerprint density at radius 1 is 1.21 bits per heavy atom. The second-order valence-corrected chi connectivity index (χ2v) is 5.37. The van der Waals surface area contributed by atoms with Gasteiger partial charge in [-0.3, -0.25) is 9.59 Å². The summed E-state index contributed by atoms with van der Waals surface area (Å²) < 4.78 is 0.650. The summed E-state index contributed by atoms with van der Waals surface area (Å²) in [6.45, 7) is 0. The Morgan fingerprint density at radius 3 is 2.63 bits per heavy atom. The molecule has 2 N–H and O–H groups in total. The van der Waals surface area contributed by atoms with Gasteiger partial charge in [0.25, 0.3) is 11.5 Å². The van der Waals surface area contributed by atoms with Crippen molar-refractivity contribution in [1.82, 2.24) is 4.98 Å². The Morgan fingerprint density at radius 2 is 1.95 bits per heavy atom. The van der Waals surface area contributed by atoms with E-state index in [-0.39, 0.29) is 10.7 Å². The number of carbonyl (C=O) groups is 1. The van der Waals surface area contributed by atoms with Crippen LogP contribution >= 0.6 is 39.1 Å². The highest BCUT2D eigenvalue weighted by molar-refractivity contribution is 9.10. The van der Waals surface area contributed by atoms with Crippen LogP contribution in [0.4, 0.5) is 5.69 Å². The fourth-order valence-corrected chi connectivity index (χ4v) is 2.02. The number of carbonyl (C=O) groups excluding carboxylic acids is 1. The lowest BCUT2D eigenvalue weighted by atomic mass is 10.2. The number of aromatic nitrogens is 1. The van der Waals surface area contributed by atoms with E-state index in [0.717, 1.165) is 0 Å². The number of amides is 1. The molecule has 2 rings (SSSR count). The van der Waals surface area contributed by atoms with Crippen LogP contribution in [0.15, 0.2) is 39.7 Å². The molecule has 0 aliphatic heterocycles. The van der Waals surface area contributed by atoms with E-state index in [1.54, 1.807) is 0 Å². The van der Waals surface area contributed by atoms with E-state index in [2.05, 4.69) is 26.2 Å². The highest BCUT2D eigenvalue weighted by atomic mass is 79.9. The molecule has 1 amide bonds. The average Bonchev–Trinajstić information content (AvgIpc) is 2.37. The number of H-pyrrole nitrogens is 1. The number of hydrogen-bond acceptors (Lipinski definition) is 2. The Balaban J connectivity index is 2.28. The maximum Gasteiger partial charge on any atom is 0.271 e. The number of nitrogens with one attached hydrogen (secondary N) is 2. The Labute approximate surface area is 126 Å². The van der Waals surface area contributed by atoms with Gasteiger partial charge in [-0.25, -0.2) is 0 Å². The van der Waals surface area contributed by atoms with Crippen LogP contribution in [0, 0.1) is 0 Å². The lowest BCUT2D eigenvalue weighted by Crippen LogP contribution is -2.19. The molecule has 0 unspecified atom stereocenters. The molecule has 19 heavy (non-hydrogen) atoms. The van der Waals surface area contributed by atoms with E-state index in [0.29, 0.717) is 15.1 Å². The third-order valence-electron chi connectivity index (χ3n) is 2.30. The molecule has 0 bridgehead atoms. The van der Waals surface area contributed by atoms with Crippen LogP contribution in [0.3, 0.4) is 0 Å². The third kappa shape index (κ3) is 3.37. The van der Waals surface area contributed by atoms with Gasteiger partial charge in [0.2, 0.25) is 0 Å². The number of rotatable bonds is 2. The van der Waals surface area contributed by atoms with Crippen molar-refractivity contribution in [3.05, 3.63) is 60.9 Å². The summed E-state index contributed by atoms with van der Waals surface area (Å²) in [5.74, 6) is -0.442. The lowest BCUT2D eigenvalue weighted by Gasteiger charge is -2.05. The van der Waals surface area contributed by atoms with Crippen LogP contribution < -0.4 is 10.9 Å². The summed E-state index contributed by atoms with van der Waals surface area (Å²) in [5.41, 5.74) is 0.0656. The van der Waals surface area contributed by atoms with Crippen molar-refractivity contribution >= 4 is 50.7 Å². The molecule has 98 valence electrons. The molecule has 7 heteroatoms. The summed E-state index contributed by atoms with van der Waals surface area (Å²) in [6, 6.07) is 5.99. The van der Waals surface area contributed by atoms with Crippen LogP contribution in [-0.2, 0) is 0 Å². The molecule has 4 nitrogen and oxygen atoms in total. The summed E-state index contributed by atoms with van der Waals surface area (Å²) in [5, 5.41) is 3.13. The lowest BCUT2D eigenvalue weighted by molar-refractivity contribution is 0.102. The topological polar surface area (TPSA) is 62.0 Å². The summed E-state index contributed by atoms with van der Waals surface area (Å²) in [4.78, 5) is 26.0. The number of pyridine rings is 1. The normalized spacial score (nSPS) is 10.3. The van der Waals surface area contributed by atoms with Crippen molar-refractivity contribution in [2.75, 3.05) is 5.32 Å². The fourth-order valence-electron chi connectivity index (χ4n) is 1.38. The van der Waals surface area contributed by atoms with E-state index >= 15 is 0 Å². The van der Waals surface area contributed by atoms with E-state index in [1.807, 2.05) is 0 Å². The van der Waals surface area contributed by atoms with E-state index in [9.17, 15) is 9.59 Å². The second-order valence-electron chi connectivity index (χ2n) is 3.64. The molecule has 2 aromatic rings. The van der Waals surface area contributed by atoms with Crippen molar-refractivity contribution in [3.8, 4) is 0 Å². The zero-order valence-corrected chi connectivity index (χ0v) is 12.4. The van der Waals surface area contributed by atoms with Gasteiger partial charge in [0.1, 0.15) is 5.69 Å². The molecule has 0 spiro atoms. The third-order valence-corrected chi connectivity index (χ3v) is 3.49. The van der Waals surface area contributed by atoms with Gasteiger partial charge in [0.05, 0.1) is 10.0 Å². The number of benzene rings is 1. The van der Waals surface area contributed by atoms with Crippen LogP contribution in [0.5, 0.6) is 0 Å². The number of hydrogen-bond donors (Lipinski definition) is 2. The second kappa shape index (κ2) is 5.77. The molecule has 0 saturated carbocycles. The highest BCUT2D eigenvalue weighted by Crippen LogP contribution is 2.23. The highest BCUT2D eigenvalue weighted by Gasteiger charge is 2.10. The minimum absolute atomic E-state index is 0.144. The van der Waals surface area contributed by atoms with Crippen LogP contribution in [0.1, 0.15) is 10.4 Å². The number of halogens is 3. The van der Waals surface area contributed by atoms with Gasteiger partial charge in [-0.2, -0.15) is 0 Å². The SMILES string of the molecule is O=C(Nc1cc(Br)c[nH]c1=O)c1ccc(Cl)c(Cl)c1. The number of aromatic amines is 1. The van der Waals surface area contributed by atoms with Gasteiger partial charge < -0.3 is 10.3 Å². The van der Waals surface area contributed by atoms with Crippen LogP contribution in [0.2, 0.25) is 10.0 Å². The Kier molecular flexibility index (Phi) is 4.29. The molecule has 0 atom stereocenters. The van der Waals surface area contributed by atoms with Gasteiger partial charge in [-0.05, 0) is 40.2 Å². The minimum atomic E-state index is -0.442. The molecular formula is C12H7BrCl2N2O2. The molecular weight excluding hydrogens is 355 g/mol. The van der Waals surface area contributed by atoms with Crippen molar-refractivity contribution in [3.63, 3.8) is 0 Å². The first-order chi connectivity index (χ1) is 8.97. The van der Waals surface area contributed by atoms with Crippen molar-refractivity contribution in [1.29, 1.82) is 0 Å². The zero-order valence-electron chi connectivity index (χ0n) is 9.34. The summed E-state index contributed by atoms with van der Waals surface area (Å²) >= 11 is 14.8. The average molecular weight is 362 g/mol. The molecule has 1 heterocycles. The first-order valence-corrected chi connectivity index (χ1v) is 6.67. The van der Waals surface area contributed by atoms with Gasteiger partial charge in [0, 0.05) is 16.2 Å². The minimum Gasteiger partial charge on any atom is -0.326 e. The Hall–Kier alpha value is -1.30. The first kappa shape index (κ1) is 14.1. The first-order valence-electron chi connectivity index (χ1n) is 5.12. The van der Waals surface area contributed by atoms with Crippen LogP contribution in [0.25, 0.3) is 0 Å². The van der Waals surface area contributed by atoms with Gasteiger partial charge in [-0.15, -0.1) is 0 Å². The molecule has 1 aromatic carbocycles. The molecule has 0 aliphatic carbocycles. The zero-order chi connectivity index (χ0) is 14.0. The maximum absolute atomic E-state index is 12.0. The fraction of sp³-hybridized carbons (Fsp3) is 0. The molecule has 1 aromatic heterocycles. The monoisotopic (exact) mass is 360 g/mol. The van der Waals surface area contributed by atoms with E-state index in [1.165, 1.54) is 30.5 Å². The standard InChI is InChI=1S/C12H7BrCl2N2O2/c13-7-4-10(12(19)16-5-7)17-11(18)6-1-2-8(14)9(15)3-6/h1-5H,(H,16,19)(H,17,18). The Bertz CT molecular complexity index is 700. The van der Waals surface area contributed by atoms with Gasteiger partial charge in [-0.1, -0.05) is 23.2 Å². The largest absolute Gasteiger partial charge is 0.326 e. The van der Waals surface area contributed by atoms with Gasteiger partial charge >= 0.3 is 0 Å². The van der Waals surface area contributed by atoms with E-state index < -0.39 is 11.5 Å². The smallest absolute Gasteiger partial charge is 0.271 e. The molecule has 0 aliphatic rings. The predicted octanol–water partition coefficient (Wildman–Crippen LogP) is 3.70. The quantitative estimate of drug-likeness (QED) is 0.856. The van der Waals surface area contributed by atoms with Crippen molar-refractivity contribution < 1.29 is 4.79 Å². The van der Waals surface area contributed by atoms with E-state index in [4.69, 9.17) is 23.2 Å². The predicted molar refractivity (Wildman–Crippen MR) is 79.2 cm³/mol. The molecule has 0 radical (unpaired) electrons. The number of anilines is 1. The summed E-state index contributed by atoms with van der Waals surface area (Å²) in [7, 11) is 0. The van der Waals surface area contributed by atoms with Crippen molar-refractivity contribution in [2.24, 2.45) is 0 Å².